The van der Waals surface area contributed by atoms with Gasteiger partial charge in [0.2, 0.25) is 5.91 Å². The predicted octanol–water partition coefficient (Wildman–Crippen LogP) is 1.47. The Morgan fingerprint density at radius 1 is 1.59 bits per heavy atom. The Kier molecular flexibility index (Phi) is 4.31. The number of hydrogen-bond donors (Lipinski definition) is 1. The molecule has 1 saturated heterocycles. The molecule has 0 aromatic carbocycles. The topological polar surface area (TPSA) is 44.7 Å². The van der Waals surface area contributed by atoms with E-state index in [4.69, 9.17) is 0 Å². The van der Waals surface area contributed by atoms with E-state index in [9.17, 15) is 4.79 Å². The Morgan fingerprint density at radius 3 is 3.12 bits per heavy atom. The zero-order valence-corrected chi connectivity index (χ0v) is 11.4. The van der Waals surface area contributed by atoms with Crippen LogP contribution in [0.1, 0.15) is 32.6 Å². The molecule has 2 unspecified atom stereocenters. The Hall–Kier alpha value is -0.710. The van der Waals surface area contributed by atoms with Crippen LogP contribution in [0, 0.1) is 0 Å². The lowest BCUT2D eigenvalue weighted by molar-refractivity contribution is -0.132. The standard InChI is InChI=1S/C12H21N3OS/c1-3-4-10-7-13-12(17-10)14-9-5-6-11(16)15(2)8-9/h9-10H,3-8H2,1-2H3,(H,13,14). The number of amidine groups is 1. The number of likely N-dealkylation sites (tertiary alicyclic amines) is 1. The van der Waals surface area contributed by atoms with Gasteiger partial charge in [-0.2, -0.15) is 0 Å². The smallest absolute Gasteiger partial charge is 0.222 e. The number of carbonyl (C=O) groups is 1. The molecule has 0 aliphatic carbocycles. The fourth-order valence-electron chi connectivity index (χ4n) is 2.27. The van der Waals surface area contributed by atoms with Gasteiger partial charge in [0, 0.05) is 31.3 Å². The molecular formula is C12H21N3OS. The van der Waals surface area contributed by atoms with E-state index in [0.717, 1.165) is 24.7 Å². The molecule has 0 aromatic heterocycles. The third-order valence-corrected chi connectivity index (χ3v) is 4.47. The summed E-state index contributed by atoms with van der Waals surface area (Å²) in [5.74, 6) is 0.257. The molecule has 2 aliphatic heterocycles. The minimum Gasteiger partial charge on any atom is -0.360 e. The molecule has 1 amide bonds. The van der Waals surface area contributed by atoms with E-state index in [0.29, 0.717) is 17.7 Å². The molecule has 96 valence electrons. The number of amides is 1. The third kappa shape index (κ3) is 3.37. The van der Waals surface area contributed by atoms with Crippen molar-refractivity contribution in [3.63, 3.8) is 0 Å². The molecule has 2 aliphatic rings. The van der Waals surface area contributed by atoms with Crippen molar-refractivity contribution in [1.29, 1.82) is 0 Å². The zero-order valence-electron chi connectivity index (χ0n) is 10.6. The second-order valence-corrected chi connectivity index (χ2v) is 6.12. The minimum absolute atomic E-state index is 0.257. The molecule has 0 radical (unpaired) electrons. The number of piperidine rings is 1. The van der Waals surface area contributed by atoms with E-state index in [1.807, 2.05) is 23.7 Å². The van der Waals surface area contributed by atoms with E-state index in [1.54, 1.807) is 0 Å². The molecule has 2 atom stereocenters. The van der Waals surface area contributed by atoms with Gasteiger partial charge in [-0.15, -0.1) is 0 Å². The SMILES string of the molecule is CCCC1CN=C(NC2CCC(=O)N(C)C2)S1. The first-order valence-electron chi connectivity index (χ1n) is 6.40. The van der Waals surface area contributed by atoms with Gasteiger partial charge in [-0.1, -0.05) is 25.1 Å². The molecule has 0 aromatic rings. The van der Waals surface area contributed by atoms with Crippen LogP contribution in [0.4, 0.5) is 0 Å². The van der Waals surface area contributed by atoms with E-state index in [-0.39, 0.29) is 5.91 Å². The quantitative estimate of drug-likeness (QED) is 0.830. The average molecular weight is 255 g/mol. The molecule has 2 heterocycles. The molecular weight excluding hydrogens is 234 g/mol. The first-order chi connectivity index (χ1) is 8.19. The highest BCUT2D eigenvalue weighted by Gasteiger charge is 2.26. The van der Waals surface area contributed by atoms with Crippen LogP contribution in [0.3, 0.4) is 0 Å². The van der Waals surface area contributed by atoms with Crippen molar-refractivity contribution in [2.75, 3.05) is 20.1 Å². The van der Waals surface area contributed by atoms with Crippen LogP contribution >= 0.6 is 11.8 Å². The number of aliphatic imine (C=N–C) groups is 1. The van der Waals surface area contributed by atoms with Crippen LogP contribution in [0.5, 0.6) is 0 Å². The third-order valence-electron chi connectivity index (χ3n) is 3.28. The Labute approximate surface area is 107 Å². The minimum atomic E-state index is 0.257. The number of hydrogen-bond acceptors (Lipinski definition) is 4. The largest absolute Gasteiger partial charge is 0.360 e. The molecule has 0 bridgehead atoms. The summed E-state index contributed by atoms with van der Waals surface area (Å²) in [5, 5.41) is 5.21. The lowest BCUT2D eigenvalue weighted by Crippen LogP contribution is -2.47. The molecule has 0 spiro atoms. The van der Waals surface area contributed by atoms with Gasteiger partial charge in [0.25, 0.3) is 0 Å². The van der Waals surface area contributed by atoms with Gasteiger partial charge >= 0.3 is 0 Å². The van der Waals surface area contributed by atoms with Crippen molar-refractivity contribution in [3.05, 3.63) is 0 Å². The summed E-state index contributed by atoms with van der Waals surface area (Å²) in [6.45, 7) is 3.97. The maximum atomic E-state index is 11.4. The lowest BCUT2D eigenvalue weighted by Gasteiger charge is -2.30. The van der Waals surface area contributed by atoms with Crippen LogP contribution < -0.4 is 5.32 Å². The molecule has 2 rings (SSSR count). The Balaban J connectivity index is 1.77. The van der Waals surface area contributed by atoms with Crippen molar-refractivity contribution in [1.82, 2.24) is 10.2 Å². The van der Waals surface area contributed by atoms with Gasteiger partial charge in [-0.25, -0.2) is 0 Å². The fraction of sp³-hybridized carbons (Fsp3) is 0.833. The molecule has 5 heteroatoms. The van der Waals surface area contributed by atoms with E-state index in [2.05, 4.69) is 17.2 Å². The highest BCUT2D eigenvalue weighted by atomic mass is 32.2. The average Bonchev–Trinajstić information content (AvgIpc) is 2.72. The van der Waals surface area contributed by atoms with Crippen LogP contribution in [-0.4, -0.2) is 47.4 Å². The lowest BCUT2D eigenvalue weighted by atomic mass is 10.1. The van der Waals surface area contributed by atoms with Gasteiger partial charge in [-0.3, -0.25) is 9.79 Å². The first-order valence-corrected chi connectivity index (χ1v) is 7.28. The Bertz CT molecular complexity index is 319. The van der Waals surface area contributed by atoms with E-state index < -0.39 is 0 Å². The number of nitrogens with one attached hydrogen (secondary N) is 1. The van der Waals surface area contributed by atoms with Crippen molar-refractivity contribution in [2.45, 2.75) is 43.9 Å². The van der Waals surface area contributed by atoms with E-state index in [1.165, 1.54) is 12.8 Å². The van der Waals surface area contributed by atoms with Gasteiger partial charge in [0.05, 0.1) is 6.54 Å². The summed E-state index contributed by atoms with van der Waals surface area (Å²) in [4.78, 5) is 17.7. The van der Waals surface area contributed by atoms with Crippen molar-refractivity contribution in [3.8, 4) is 0 Å². The van der Waals surface area contributed by atoms with Crippen molar-refractivity contribution in [2.24, 2.45) is 4.99 Å². The monoisotopic (exact) mass is 255 g/mol. The second kappa shape index (κ2) is 5.76. The van der Waals surface area contributed by atoms with Gasteiger partial charge in [-0.05, 0) is 12.8 Å². The van der Waals surface area contributed by atoms with E-state index >= 15 is 0 Å². The number of likely N-dealkylation sites (N-methyl/N-ethyl adjacent to an activating group) is 1. The number of carbonyl (C=O) groups excluding carboxylic acids is 1. The van der Waals surface area contributed by atoms with Crippen LogP contribution in [-0.2, 0) is 4.79 Å². The van der Waals surface area contributed by atoms with Crippen molar-refractivity contribution < 1.29 is 4.79 Å². The number of nitrogens with zero attached hydrogens (tertiary/aromatic N) is 2. The number of thioether (sulfide) groups is 1. The summed E-state index contributed by atoms with van der Waals surface area (Å²) in [6.07, 6.45) is 4.05. The highest BCUT2D eigenvalue weighted by Crippen LogP contribution is 2.24. The first kappa shape index (κ1) is 12.7. The molecule has 1 N–H and O–H groups in total. The van der Waals surface area contributed by atoms with Crippen molar-refractivity contribution >= 4 is 22.8 Å². The predicted molar refractivity (Wildman–Crippen MR) is 72.4 cm³/mol. The van der Waals surface area contributed by atoms with Crippen LogP contribution in [0.15, 0.2) is 4.99 Å². The van der Waals surface area contributed by atoms with Crippen LogP contribution in [0.2, 0.25) is 0 Å². The maximum Gasteiger partial charge on any atom is 0.222 e. The van der Waals surface area contributed by atoms with Crippen LogP contribution in [0.25, 0.3) is 0 Å². The maximum absolute atomic E-state index is 11.4. The Morgan fingerprint density at radius 2 is 2.41 bits per heavy atom. The molecule has 0 saturated carbocycles. The normalized spacial score (nSPS) is 29.4. The van der Waals surface area contributed by atoms with Gasteiger partial charge < -0.3 is 10.2 Å². The molecule has 17 heavy (non-hydrogen) atoms. The molecule has 1 fully saturated rings. The molecule has 4 nitrogen and oxygen atoms in total. The summed E-state index contributed by atoms with van der Waals surface area (Å²) in [7, 11) is 1.87. The summed E-state index contributed by atoms with van der Waals surface area (Å²) >= 11 is 1.87. The zero-order chi connectivity index (χ0) is 12.3. The number of rotatable bonds is 3. The fourth-order valence-corrected chi connectivity index (χ4v) is 3.48. The summed E-state index contributed by atoms with van der Waals surface area (Å²) in [5.41, 5.74) is 0. The highest BCUT2D eigenvalue weighted by molar-refractivity contribution is 8.14. The van der Waals surface area contributed by atoms with Gasteiger partial charge in [0.15, 0.2) is 5.17 Å². The van der Waals surface area contributed by atoms with Gasteiger partial charge in [0.1, 0.15) is 0 Å². The second-order valence-electron chi connectivity index (χ2n) is 4.83. The summed E-state index contributed by atoms with van der Waals surface area (Å²) in [6, 6.07) is 0.379. The summed E-state index contributed by atoms with van der Waals surface area (Å²) < 4.78 is 0.